The summed E-state index contributed by atoms with van der Waals surface area (Å²) in [5.41, 5.74) is 1.58. The Morgan fingerprint density at radius 3 is 2.68 bits per heavy atom. The molecule has 0 aromatic heterocycles. The van der Waals surface area contributed by atoms with Crippen LogP contribution in [-0.2, 0) is 11.2 Å². The maximum absolute atomic E-state index is 10.6. The fraction of sp³-hybridized carbons (Fsp3) is 0.214. The van der Waals surface area contributed by atoms with E-state index in [0.717, 1.165) is 18.0 Å². The molecular weight excluding hydrogens is 282 g/mol. The molecule has 0 amide bonds. The van der Waals surface area contributed by atoms with Crippen LogP contribution in [0.5, 0.6) is 0 Å². The molecule has 0 spiro atoms. The van der Waals surface area contributed by atoms with Crippen LogP contribution in [0.1, 0.15) is 5.56 Å². The average molecular weight is 298 g/mol. The zero-order valence-corrected chi connectivity index (χ0v) is 12.0. The van der Waals surface area contributed by atoms with Crippen LogP contribution in [0.4, 0.5) is 5.69 Å². The zero-order chi connectivity index (χ0) is 13.7. The second-order valence-corrected chi connectivity index (χ2v) is 6.70. The summed E-state index contributed by atoms with van der Waals surface area (Å²) in [6.07, 6.45) is 4.13. The summed E-state index contributed by atoms with van der Waals surface area (Å²) in [5.74, 6) is 0.224. The third-order valence-electron chi connectivity index (χ3n) is 2.76. The Morgan fingerprint density at radius 2 is 2.05 bits per heavy atom. The van der Waals surface area contributed by atoms with Crippen molar-refractivity contribution in [2.45, 2.75) is 6.42 Å². The van der Waals surface area contributed by atoms with Gasteiger partial charge in [0.1, 0.15) is 0 Å². The molecule has 0 radical (unpaired) electrons. The van der Waals surface area contributed by atoms with Crippen molar-refractivity contribution in [1.29, 1.82) is 0 Å². The van der Waals surface area contributed by atoms with E-state index in [9.17, 15) is 4.79 Å². The first kappa shape index (κ1) is 14.0. The third-order valence-corrected chi connectivity index (χ3v) is 4.96. The minimum absolute atomic E-state index is 0.0417. The highest BCUT2D eigenvalue weighted by Gasteiger charge is 2.06. The number of carboxylic acids is 1. The number of allylic oxidation sites excluding steroid dienone is 2. The van der Waals surface area contributed by atoms with E-state index in [1.165, 1.54) is 0 Å². The summed E-state index contributed by atoms with van der Waals surface area (Å²) in [6, 6.07) is 5.42. The van der Waals surface area contributed by atoms with Gasteiger partial charge in [-0.2, -0.15) is 0 Å². The molecule has 102 valence electrons. The van der Waals surface area contributed by atoms with Gasteiger partial charge in [0.25, 0.3) is 0 Å². The lowest BCUT2D eigenvalue weighted by atomic mass is 10.1. The molecule has 1 aliphatic rings. The molecule has 0 unspecified atom stereocenters. The number of anilines is 1. The molecule has 1 aromatic rings. The molecule has 0 atom stereocenters. The number of halogens is 1. The van der Waals surface area contributed by atoms with Crippen LogP contribution >= 0.6 is 22.5 Å². The van der Waals surface area contributed by atoms with Crippen molar-refractivity contribution in [2.24, 2.45) is 0 Å². The first-order valence-electron chi connectivity index (χ1n) is 6.00. The van der Waals surface area contributed by atoms with Gasteiger partial charge in [0, 0.05) is 17.3 Å². The zero-order valence-electron chi connectivity index (χ0n) is 10.3. The number of carboxylic acid groups (broad SMARTS) is 1. The van der Waals surface area contributed by atoms with Crippen molar-refractivity contribution >= 4 is 34.2 Å². The number of benzene rings is 1. The summed E-state index contributed by atoms with van der Waals surface area (Å²) in [5, 5.41) is 17.0. The standard InChI is InChI=1S/C14H16ClNO2S/c15-13-10-12(4-3-11(13)9-14(17)18)16-5-8-19-6-1-2-7-19/h1-4,6-7,10,16,19H,5,8-9H2,(H,17,18). The van der Waals surface area contributed by atoms with E-state index in [1.807, 2.05) is 6.07 Å². The predicted molar refractivity (Wildman–Crippen MR) is 83.4 cm³/mol. The van der Waals surface area contributed by atoms with Crippen LogP contribution in [0.25, 0.3) is 0 Å². The highest BCUT2D eigenvalue weighted by Crippen LogP contribution is 2.32. The van der Waals surface area contributed by atoms with Crippen LogP contribution in [0.2, 0.25) is 5.02 Å². The predicted octanol–water partition coefficient (Wildman–Crippen LogP) is 3.42. The molecule has 3 nitrogen and oxygen atoms in total. The number of nitrogens with one attached hydrogen (secondary N) is 1. The number of carbonyl (C=O) groups is 1. The summed E-state index contributed by atoms with van der Waals surface area (Å²) < 4.78 is 0. The van der Waals surface area contributed by atoms with E-state index in [2.05, 4.69) is 28.3 Å². The van der Waals surface area contributed by atoms with Gasteiger partial charge in [0.05, 0.1) is 6.42 Å². The van der Waals surface area contributed by atoms with Gasteiger partial charge in [-0.3, -0.25) is 4.79 Å². The van der Waals surface area contributed by atoms with E-state index in [1.54, 1.807) is 12.1 Å². The highest BCUT2D eigenvalue weighted by molar-refractivity contribution is 8.22. The Balaban J connectivity index is 1.87. The molecular formula is C14H16ClNO2S. The Hall–Kier alpha value is -1.39. The van der Waals surface area contributed by atoms with Gasteiger partial charge < -0.3 is 10.4 Å². The fourth-order valence-corrected chi connectivity index (χ4v) is 3.47. The number of aliphatic carboxylic acids is 1. The van der Waals surface area contributed by atoms with Crippen molar-refractivity contribution in [3.63, 3.8) is 0 Å². The van der Waals surface area contributed by atoms with Crippen LogP contribution in [0.3, 0.4) is 0 Å². The quantitative estimate of drug-likeness (QED) is 0.705. The van der Waals surface area contributed by atoms with Crippen molar-refractivity contribution < 1.29 is 9.90 Å². The monoisotopic (exact) mass is 297 g/mol. The molecule has 0 saturated carbocycles. The largest absolute Gasteiger partial charge is 0.481 e. The summed E-state index contributed by atoms with van der Waals surface area (Å²) >= 11 is 6.06. The van der Waals surface area contributed by atoms with Crippen LogP contribution in [-0.4, -0.2) is 23.4 Å². The van der Waals surface area contributed by atoms with Crippen LogP contribution < -0.4 is 5.32 Å². The van der Waals surface area contributed by atoms with Gasteiger partial charge in [-0.25, -0.2) is 10.9 Å². The molecule has 2 rings (SSSR count). The van der Waals surface area contributed by atoms with Gasteiger partial charge in [-0.05, 0) is 34.3 Å². The van der Waals surface area contributed by atoms with E-state index >= 15 is 0 Å². The Bertz CT molecular complexity index is 516. The molecule has 0 saturated heterocycles. The molecule has 19 heavy (non-hydrogen) atoms. The number of rotatable bonds is 6. The normalized spacial score (nSPS) is 14.9. The molecule has 1 aliphatic heterocycles. The Morgan fingerprint density at radius 1 is 1.32 bits per heavy atom. The summed E-state index contributed by atoms with van der Waals surface area (Å²) in [7, 11) is -0.101. The minimum Gasteiger partial charge on any atom is -0.481 e. The lowest BCUT2D eigenvalue weighted by molar-refractivity contribution is -0.136. The molecule has 0 fully saturated rings. The second kappa shape index (κ2) is 6.68. The van der Waals surface area contributed by atoms with Crippen molar-refractivity contribution in [3.8, 4) is 0 Å². The maximum atomic E-state index is 10.6. The van der Waals surface area contributed by atoms with Gasteiger partial charge in [0.15, 0.2) is 0 Å². The van der Waals surface area contributed by atoms with Crippen LogP contribution in [0.15, 0.2) is 41.2 Å². The topological polar surface area (TPSA) is 49.3 Å². The first-order chi connectivity index (χ1) is 9.15. The minimum atomic E-state index is -0.870. The second-order valence-electron chi connectivity index (χ2n) is 4.22. The maximum Gasteiger partial charge on any atom is 0.307 e. The molecule has 1 heterocycles. The van der Waals surface area contributed by atoms with Gasteiger partial charge >= 0.3 is 5.97 Å². The van der Waals surface area contributed by atoms with E-state index in [-0.39, 0.29) is 17.3 Å². The average Bonchev–Trinajstić information content (AvgIpc) is 2.85. The summed E-state index contributed by atoms with van der Waals surface area (Å²) in [4.78, 5) is 10.6. The van der Waals surface area contributed by atoms with E-state index in [0.29, 0.717) is 10.6 Å². The Kier molecular flexibility index (Phi) is 4.93. The lowest BCUT2D eigenvalue weighted by Crippen LogP contribution is -2.06. The number of hydrogen-bond donors (Lipinski definition) is 3. The van der Waals surface area contributed by atoms with E-state index in [4.69, 9.17) is 16.7 Å². The van der Waals surface area contributed by atoms with Gasteiger partial charge in [-0.15, -0.1) is 0 Å². The van der Waals surface area contributed by atoms with Gasteiger partial charge in [0.2, 0.25) is 0 Å². The van der Waals surface area contributed by atoms with Gasteiger partial charge in [-0.1, -0.05) is 29.8 Å². The Labute approximate surface area is 120 Å². The molecule has 0 bridgehead atoms. The number of hydrogen-bond acceptors (Lipinski definition) is 2. The number of thiol groups is 1. The third kappa shape index (κ3) is 4.33. The summed E-state index contributed by atoms with van der Waals surface area (Å²) in [6.45, 7) is 0.884. The van der Waals surface area contributed by atoms with Crippen LogP contribution in [0, 0.1) is 0 Å². The molecule has 2 N–H and O–H groups in total. The van der Waals surface area contributed by atoms with Crippen molar-refractivity contribution in [3.05, 3.63) is 51.8 Å². The van der Waals surface area contributed by atoms with Crippen molar-refractivity contribution in [2.75, 3.05) is 17.6 Å². The fourth-order valence-electron chi connectivity index (χ4n) is 1.81. The molecule has 0 aliphatic carbocycles. The van der Waals surface area contributed by atoms with Crippen molar-refractivity contribution in [1.82, 2.24) is 0 Å². The lowest BCUT2D eigenvalue weighted by Gasteiger charge is -2.12. The molecule has 5 heteroatoms. The molecule has 1 aromatic carbocycles. The van der Waals surface area contributed by atoms with E-state index < -0.39 is 5.97 Å². The smallest absolute Gasteiger partial charge is 0.307 e. The highest BCUT2D eigenvalue weighted by atomic mass is 35.5. The first-order valence-corrected chi connectivity index (χ1v) is 8.04. The SMILES string of the molecule is O=C(O)Cc1ccc(NCC[SH]2C=CC=C2)cc1Cl.